The third-order valence-corrected chi connectivity index (χ3v) is 7.21. The number of nitrogens with two attached hydrogens (primary N) is 1. The molecule has 5 rings (SSSR count). The highest BCUT2D eigenvalue weighted by atomic mass is 35.5. The topological polar surface area (TPSA) is 129 Å². The molecule has 0 spiro atoms. The first-order valence-corrected chi connectivity index (χ1v) is 12.6. The molecular weight excluding hydrogens is 496 g/mol. The maximum absolute atomic E-state index is 13.7. The van der Waals surface area contributed by atoms with E-state index in [1.54, 1.807) is 47.9 Å². The van der Waals surface area contributed by atoms with Gasteiger partial charge in [-0.1, -0.05) is 53.2 Å². The average Bonchev–Trinajstić information content (AvgIpc) is 3.29. The lowest BCUT2D eigenvalue weighted by molar-refractivity contribution is -0.155. The summed E-state index contributed by atoms with van der Waals surface area (Å²) >= 11 is 6.55. The van der Waals surface area contributed by atoms with Gasteiger partial charge in [0.1, 0.15) is 16.7 Å². The minimum atomic E-state index is -1.11. The number of amides is 1. The molecule has 2 unspecified atom stereocenters. The zero-order chi connectivity index (χ0) is 26.1. The summed E-state index contributed by atoms with van der Waals surface area (Å²) in [6.45, 7) is 1.38. The maximum Gasteiger partial charge on any atom is 0.320 e. The van der Waals surface area contributed by atoms with E-state index in [9.17, 15) is 14.4 Å². The fraction of sp³-hybridized carbons (Fsp3) is 0.333. The maximum atomic E-state index is 13.7. The molecule has 1 aliphatic rings. The zero-order valence-electron chi connectivity index (χ0n) is 20.3. The minimum absolute atomic E-state index is 0.187. The Kier molecular flexibility index (Phi) is 6.99. The Morgan fingerprint density at radius 1 is 1.19 bits per heavy atom. The van der Waals surface area contributed by atoms with Gasteiger partial charge in [0.15, 0.2) is 0 Å². The van der Waals surface area contributed by atoms with E-state index in [1.807, 2.05) is 12.1 Å². The Labute approximate surface area is 217 Å². The van der Waals surface area contributed by atoms with Gasteiger partial charge in [-0.2, -0.15) is 0 Å². The molecule has 3 N–H and O–H groups in total. The van der Waals surface area contributed by atoms with Gasteiger partial charge in [-0.25, -0.2) is 0 Å². The second-order valence-corrected chi connectivity index (χ2v) is 9.69. The number of halogens is 1. The van der Waals surface area contributed by atoms with Crippen molar-refractivity contribution in [3.63, 3.8) is 0 Å². The van der Waals surface area contributed by atoms with E-state index in [-0.39, 0.29) is 24.2 Å². The Hall–Kier alpha value is -3.69. The number of nitrogens with zero attached hydrogens (tertiary/aromatic N) is 2. The fourth-order valence-electron chi connectivity index (χ4n) is 5.22. The van der Waals surface area contributed by atoms with Crippen LogP contribution in [-0.2, 0) is 14.3 Å². The first kappa shape index (κ1) is 25.0. The molecule has 2 heterocycles. The molecule has 0 radical (unpaired) electrons. The third kappa shape index (κ3) is 4.72. The van der Waals surface area contributed by atoms with Crippen molar-refractivity contribution in [2.75, 3.05) is 6.54 Å². The van der Waals surface area contributed by atoms with Gasteiger partial charge in [0.2, 0.25) is 6.10 Å². The van der Waals surface area contributed by atoms with Crippen LogP contribution in [0.15, 0.2) is 57.8 Å². The summed E-state index contributed by atoms with van der Waals surface area (Å²) in [5, 5.41) is 8.70. The number of nitrogens with one attached hydrogen (secondary N) is 1. The van der Waals surface area contributed by atoms with E-state index in [2.05, 4.69) is 10.5 Å². The number of esters is 1. The molecule has 0 saturated heterocycles. The van der Waals surface area contributed by atoms with Crippen LogP contribution < -0.4 is 16.6 Å². The standard InChI is InChI=1S/C27H27ClN4O5/c1-15-22-24(31-37-15)23-19(28)11-6-12-20(23)32(27(22)35)18-10-5-9-17(13-18)30-26(34)25(36-21(33)14-29)16-7-3-2-4-8-16/h2-4,6-8,11-12,17-18,25H,5,9-10,13-14,29H2,1H3,(H,30,34)/t17?,18?,25-/m1/s1. The van der Waals surface area contributed by atoms with Gasteiger partial charge in [0.05, 0.1) is 17.1 Å². The predicted octanol–water partition coefficient (Wildman–Crippen LogP) is 3.95. The van der Waals surface area contributed by atoms with Crippen molar-refractivity contribution in [1.29, 1.82) is 0 Å². The minimum Gasteiger partial charge on any atom is -0.446 e. The van der Waals surface area contributed by atoms with Crippen LogP contribution >= 0.6 is 11.6 Å². The first-order chi connectivity index (χ1) is 17.9. The number of ether oxygens (including phenoxy) is 1. The Morgan fingerprint density at radius 3 is 2.73 bits per heavy atom. The lowest BCUT2D eigenvalue weighted by Crippen LogP contribution is -2.43. The SMILES string of the molecule is Cc1onc2c1c(=O)n(C1CCCC(NC(=O)[C@H](OC(=O)CN)c3ccccc3)C1)c1cccc(Cl)c21. The highest BCUT2D eigenvalue weighted by Crippen LogP contribution is 2.35. The molecule has 9 nitrogen and oxygen atoms in total. The van der Waals surface area contributed by atoms with E-state index in [0.29, 0.717) is 44.6 Å². The van der Waals surface area contributed by atoms with Crippen molar-refractivity contribution < 1.29 is 18.8 Å². The van der Waals surface area contributed by atoms with E-state index in [0.717, 1.165) is 19.3 Å². The van der Waals surface area contributed by atoms with Crippen LogP contribution in [0.3, 0.4) is 0 Å². The lowest BCUT2D eigenvalue weighted by Gasteiger charge is -2.32. The number of hydrogen-bond donors (Lipinski definition) is 2. The van der Waals surface area contributed by atoms with Gasteiger partial charge in [-0.05, 0) is 44.7 Å². The van der Waals surface area contributed by atoms with Crippen molar-refractivity contribution >= 4 is 45.3 Å². The summed E-state index contributed by atoms with van der Waals surface area (Å²) in [7, 11) is 0. The molecule has 192 valence electrons. The van der Waals surface area contributed by atoms with Crippen LogP contribution in [0.2, 0.25) is 5.02 Å². The molecule has 37 heavy (non-hydrogen) atoms. The average molecular weight is 523 g/mol. The highest BCUT2D eigenvalue weighted by Gasteiger charge is 2.31. The number of hydrogen-bond acceptors (Lipinski definition) is 7. The van der Waals surface area contributed by atoms with E-state index in [4.69, 9.17) is 26.6 Å². The lowest BCUT2D eigenvalue weighted by atomic mass is 9.89. The fourth-order valence-corrected chi connectivity index (χ4v) is 5.48. The van der Waals surface area contributed by atoms with Crippen LogP contribution in [0.4, 0.5) is 0 Å². The number of aryl methyl sites for hydroxylation is 1. The van der Waals surface area contributed by atoms with Crippen LogP contribution in [0.5, 0.6) is 0 Å². The van der Waals surface area contributed by atoms with Gasteiger partial charge in [0, 0.05) is 23.0 Å². The summed E-state index contributed by atoms with van der Waals surface area (Å²) in [5.74, 6) is -0.661. The van der Waals surface area contributed by atoms with Crippen LogP contribution in [-0.4, -0.2) is 34.2 Å². The molecule has 2 aromatic heterocycles. The van der Waals surface area contributed by atoms with Crippen LogP contribution in [0, 0.1) is 6.92 Å². The van der Waals surface area contributed by atoms with Crippen molar-refractivity contribution in [3.8, 4) is 0 Å². The van der Waals surface area contributed by atoms with Crippen molar-refractivity contribution in [3.05, 3.63) is 75.2 Å². The molecule has 1 fully saturated rings. The molecule has 2 aromatic carbocycles. The van der Waals surface area contributed by atoms with Gasteiger partial charge in [-0.15, -0.1) is 0 Å². The monoisotopic (exact) mass is 522 g/mol. The molecule has 1 amide bonds. The van der Waals surface area contributed by atoms with E-state index >= 15 is 0 Å². The molecule has 3 atom stereocenters. The Bertz CT molecular complexity index is 1530. The van der Waals surface area contributed by atoms with Crippen molar-refractivity contribution in [1.82, 2.24) is 15.0 Å². The second kappa shape index (κ2) is 10.4. The quantitative estimate of drug-likeness (QED) is 0.367. The number of rotatable bonds is 6. The first-order valence-electron chi connectivity index (χ1n) is 12.2. The summed E-state index contributed by atoms with van der Waals surface area (Å²) in [6, 6.07) is 13.8. The summed E-state index contributed by atoms with van der Waals surface area (Å²) in [6.07, 6.45) is 1.69. The van der Waals surface area contributed by atoms with Gasteiger partial charge in [-0.3, -0.25) is 14.4 Å². The largest absolute Gasteiger partial charge is 0.446 e. The smallest absolute Gasteiger partial charge is 0.320 e. The summed E-state index contributed by atoms with van der Waals surface area (Å²) in [5.41, 5.74) is 6.91. The zero-order valence-corrected chi connectivity index (χ0v) is 21.0. The highest BCUT2D eigenvalue weighted by molar-refractivity contribution is 6.37. The predicted molar refractivity (Wildman–Crippen MR) is 139 cm³/mol. The third-order valence-electron chi connectivity index (χ3n) is 6.90. The number of benzene rings is 2. The number of fused-ring (bicyclic) bond motifs is 3. The number of carbonyl (C=O) groups is 2. The Balaban J connectivity index is 1.46. The Morgan fingerprint density at radius 2 is 1.97 bits per heavy atom. The van der Waals surface area contributed by atoms with Gasteiger partial charge >= 0.3 is 5.97 Å². The number of carbonyl (C=O) groups excluding carboxylic acids is 2. The second-order valence-electron chi connectivity index (χ2n) is 9.28. The molecule has 0 bridgehead atoms. The van der Waals surface area contributed by atoms with Crippen molar-refractivity contribution in [2.24, 2.45) is 5.73 Å². The van der Waals surface area contributed by atoms with Crippen LogP contribution in [0.25, 0.3) is 21.8 Å². The number of aromatic nitrogens is 2. The number of pyridine rings is 1. The van der Waals surface area contributed by atoms with E-state index in [1.165, 1.54) is 0 Å². The molecule has 1 saturated carbocycles. The summed E-state index contributed by atoms with van der Waals surface area (Å²) in [4.78, 5) is 38.9. The van der Waals surface area contributed by atoms with Crippen molar-refractivity contribution in [2.45, 2.75) is 50.8 Å². The molecule has 0 aliphatic heterocycles. The molecular formula is C27H27ClN4O5. The van der Waals surface area contributed by atoms with Gasteiger partial charge in [0.25, 0.3) is 11.5 Å². The molecule has 4 aromatic rings. The normalized spacial score (nSPS) is 18.6. The molecule has 10 heteroatoms. The van der Waals surface area contributed by atoms with Gasteiger partial charge < -0.3 is 24.9 Å². The summed E-state index contributed by atoms with van der Waals surface area (Å²) < 4.78 is 12.5. The molecule has 1 aliphatic carbocycles. The van der Waals surface area contributed by atoms with E-state index < -0.39 is 18.0 Å². The van der Waals surface area contributed by atoms with Crippen LogP contribution in [0.1, 0.15) is 49.2 Å².